The van der Waals surface area contributed by atoms with Gasteiger partial charge in [-0.15, -0.1) is 0 Å². The summed E-state index contributed by atoms with van der Waals surface area (Å²) in [4.78, 5) is 4.38. The Balaban J connectivity index is 1.60. The molecule has 0 aliphatic carbocycles. The van der Waals surface area contributed by atoms with Crippen molar-refractivity contribution in [1.29, 1.82) is 0 Å². The van der Waals surface area contributed by atoms with Gasteiger partial charge in [0, 0.05) is 11.3 Å². The molecule has 7 heteroatoms. The van der Waals surface area contributed by atoms with Crippen LogP contribution >= 0.6 is 12.2 Å². The predicted octanol–water partition coefficient (Wildman–Crippen LogP) is 3.85. The molecule has 2 aromatic carbocycles. The second-order valence-electron chi connectivity index (χ2n) is 5.87. The number of nitrogens with one attached hydrogen (secondary N) is 2. The standard InChI is InChI=1S/C19H20N4O2S/c1-12-7-8-16(13(2)9-12)21-19(26)20-11-17-22-18(23-25-17)14-5-4-6-15(10-14)24-3/h4-10H,11H2,1-3H3,(H2,20,21,26). The molecule has 26 heavy (non-hydrogen) atoms. The largest absolute Gasteiger partial charge is 0.497 e. The summed E-state index contributed by atoms with van der Waals surface area (Å²) in [7, 11) is 1.62. The molecular weight excluding hydrogens is 348 g/mol. The average Bonchev–Trinajstić information content (AvgIpc) is 3.11. The maximum absolute atomic E-state index is 5.33. The van der Waals surface area contributed by atoms with Gasteiger partial charge in [0.15, 0.2) is 5.11 Å². The van der Waals surface area contributed by atoms with Gasteiger partial charge in [-0.25, -0.2) is 0 Å². The van der Waals surface area contributed by atoms with Crippen molar-refractivity contribution in [3.8, 4) is 17.1 Å². The molecule has 0 aliphatic rings. The van der Waals surface area contributed by atoms with E-state index in [1.807, 2.05) is 43.3 Å². The lowest BCUT2D eigenvalue weighted by Gasteiger charge is -2.11. The lowest BCUT2D eigenvalue weighted by molar-refractivity contribution is 0.376. The summed E-state index contributed by atoms with van der Waals surface area (Å²) in [5, 5.41) is 10.8. The monoisotopic (exact) mass is 368 g/mol. The minimum atomic E-state index is 0.341. The van der Waals surface area contributed by atoms with E-state index in [-0.39, 0.29) is 0 Å². The Morgan fingerprint density at radius 3 is 2.81 bits per heavy atom. The minimum absolute atomic E-state index is 0.341. The number of nitrogens with zero attached hydrogens (tertiary/aromatic N) is 2. The van der Waals surface area contributed by atoms with E-state index >= 15 is 0 Å². The minimum Gasteiger partial charge on any atom is -0.497 e. The number of rotatable bonds is 5. The van der Waals surface area contributed by atoms with Crippen molar-refractivity contribution in [3.63, 3.8) is 0 Å². The van der Waals surface area contributed by atoms with Crippen LogP contribution in [0.2, 0.25) is 0 Å². The van der Waals surface area contributed by atoms with Gasteiger partial charge in [-0.2, -0.15) is 4.98 Å². The molecule has 2 N–H and O–H groups in total. The van der Waals surface area contributed by atoms with E-state index in [4.69, 9.17) is 21.5 Å². The van der Waals surface area contributed by atoms with E-state index in [1.54, 1.807) is 7.11 Å². The molecule has 1 aromatic heterocycles. The lowest BCUT2D eigenvalue weighted by atomic mass is 10.1. The van der Waals surface area contributed by atoms with Crippen molar-refractivity contribution in [2.24, 2.45) is 0 Å². The third-order valence-electron chi connectivity index (χ3n) is 3.83. The zero-order chi connectivity index (χ0) is 18.5. The van der Waals surface area contributed by atoms with Crippen LogP contribution in [0.25, 0.3) is 11.4 Å². The molecular formula is C19H20N4O2S. The number of benzene rings is 2. The first-order valence-electron chi connectivity index (χ1n) is 8.14. The highest BCUT2D eigenvalue weighted by molar-refractivity contribution is 7.80. The van der Waals surface area contributed by atoms with Gasteiger partial charge in [0.1, 0.15) is 5.75 Å². The fraction of sp³-hybridized carbons (Fsp3) is 0.211. The fourth-order valence-electron chi connectivity index (χ4n) is 2.48. The highest BCUT2D eigenvalue weighted by Gasteiger charge is 2.10. The molecule has 3 aromatic rings. The molecule has 0 atom stereocenters. The molecule has 1 heterocycles. The highest BCUT2D eigenvalue weighted by Crippen LogP contribution is 2.21. The Morgan fingerprint density at radius 2 is 2.04 bits per heavy atom. The number of hydrogen-bond donors (Lipinski definition) is 2. The zero-order valence-corrected chi connectivity index (χ0v) is 15.7. The van der Waals surface area contributed by atoms with Crippen molar-refractivity contribution >= 4 is 23.0 Å². The Hall–Kier alpha value is -2.93. The topological polar surface area (TPSA) is 72.2 Å². The maximum atomic E-state index is 5.33. The zero-order valence-electron chi connectivity index (χ0n) is 14.9. The van der Waals surface area contributed by atoms with E-state index in [1.165, 1.54) is 5.56 Å². The first kappa shape index (κ1) is 17.9. The van der Waals surface area contributed by atoms with E-state index in [9.17, 15) is 0 Å². The Morgan fingerprint density at radius 1 is 1.19 bits per heavy atom. The van der Waals surface area contributed by atoms with Gasteiger partial charge in [0.2, 0.25) is 11.7 Å². The van der Waals surface area contributed by atoms with Crippen LogP contribution in [0.15, 0.2) is 47.0 Å². The summed E-state index contributed by atoms with van der Waals surface area (Å²) in [6.07, 6.45) is 0. The second kappa shape index (κ2) is 7.97. The number of ether oxygens (including phenoxy) is 1. The summed E-state index contributed by atoms with van der Waals surface area (Å²) < 4.78 is 10.5. The number of thiocarbonyl (C=S) groups is 1. The molecule has 0 bridgehead atoms. The molecule has 0 fully saturated rings. The van der Waals surface area contributed by atoms with Gasteiger partial charge >= 0.3 is 0 Å². The summed E-state index contributed by atoms with van der Waals surface area (Å²) in [6.45, 7) is 4.44. The number of aryl methyl sites for hydroxylation is 2. The maximum Gasteiger partial charge on any atom is 0.246 e. The second-order valence-corrected chi connectivity index (χ2v) is 6.28. The summed E-state index contributed by atoms with van der Waals surface area (Å²) in [5.74, 6) is 1.70. The first-order valence-corrected chi connectivity index (χ1v) is 8.55. The van der Waals surface area contributed by atoms with Crippen molar-refractivity contribution in [1.82, 2.24) is 15.5 Å². The van der Waals surface area contributed by atoms with Crippen molar-refractivity contribution in [2.45, 2.75) is 20.4 Å². The third-order valence-corrected chi connectivity index (χ3v) is 4.07. The smallest absolute Gasteiger partial charge is 0.246 e. The van der Waals surface area contributed by atoms with Crippen LogP contribution < -0.4 is 15.4 Å². The molecule has 0 amide bonds. The summed E-state index contributed by atoms with van der Waals surface area (Å²) >= 11 is 5.33. The van der Waals surface area contributed by atoms with E-state index in [2.05, 4.69) is 33.8 Å². The molecule has 0 spiro atoms. The molecule has 0 radical (unpaired) electrons. The number of methoxy groups -OCH3 is 1. The van der Waals surface area contributed by atoms with Crippen LogP contribution in [0.5, 0.6) is 5.75 Å². The van der Waals surface area contributed by atoms with E-state index in [0.717, 1.165) is 22.6 Å². The normalized spacial score (nSPS) is 10.4. The predicted molar refractivity (Wildman–Crippen MR) is 105 cm³/mol. The van der Waals surface area contributed by atoms with Crippen molar-refractivity contribution in [2.75, 3.05) is 12.4 Å². The third kappa shape index (κ3) is 4.37. The van der Waals surface area contributed by atoms with Crippen LogP contribution in [0.1, 0.15) is 17.0 Å². The van der Waals surface area contributed by atoms with Crippen LogP contribution in [0.4, 0.5) is 5.69 Å². The average molecular weight is 368 g/mol. The Labute approximate surface area is 157 Å². The molecule has 3 rings (SSSR count). The lowest BCUT2D eigenvalue weighted by Crippen LogP contribution is -2.28. The van der Waals surface area contributed by atoms with Crippen LogP contribution in [-0.4, -0.2) is 22.4 Å². The Bertz CT molecular complexity index is 923. The molecule has 6 nitrogen and oxygen atoms in total. The van der Waals surface area contributed by atoms with Crippen LogP contribution in [0, 0.1) is 13.8 Å². The molecule has 0 aliphatic heterocycles. The Kier molecular flexibility index (Phi) is 5.48. The first-order chi connectivity index (χ1) is 12.5. The van der Waals surface area contributed by atoms with E-state index < -0.39 is 0 Å². The van der Waals surface area contributed by atoms with Crippen LogP contribution in [0.3, 0.4) is 0 Å². The number of anilines is 1. The molecule has 134 valence electrons. The van der Waals surface area contributed by atoms with Gasteiger partial charge in [-0.1, -0.05) is 35.0 Å². The quantitative estimate of drug-likeness (QED) is 0.663. The van der Waals surface area contributed by atoms with Crippen molar-refractivity contribution < 1.29 is 9.26 Å². The van der Waals surface area contributed by atoms with Gasteiger partial charge in [-0.05, 0) is 49.8 Å². The number of hydrogen-bond acceptors (Lipinski definition) is 5. The number of aromatic nitrogens is 2. The van der Waals surface area contributed by atoms with Gasteiger partial charge in [-0.3, -0.25) is 0 Å². The summed E-state index contributed by atoms with van der Waals surface area (Å²) in [5.41, 5.74) is 4.14. The molecule has 0 saturated carbocycles. The molecule has 0 saturated heterocycles. The van der Waals surface area contributed by atoms with Crippen LogP contribution in [-0.2, 0) is 6.54 Å². The van der Waals surface area contributed by atoms with Gasteiger partial charge in [0.05, 0.1) is 13.7 Å². The highest BCUT2D eigenvalue weighted by atomic mass is 32.1. The molecule has 0 unspecified atom stereocenters. The summed E-state index contributed by atoms with van der Waals surface area (Å²) in [6, 6.07) is 13.6. The van der Waals surface area contributed by atoms with Crippen molar-refractivity contribution in [3.05, 3.63) is 59.5 Å². The van der Waals surface area contributed by atoms with Gasteiger partial charge in [0.25, 0.3) is 0 Å². The fourth-order valence-corrected chi connectivity index (χ4v) is 2.66. The SMILES string of the molecule is COc1cccc(-c2noc(CNC(=S)Nc3ccc(C)cc3C)n2)c1. The van der Waals surface area contributed by atoms with E-state index in [0.29, 0.717) is 23.4 Å². The van der Waals surface area contributed by atoms with Gasteiger partial charge < -0.3 is 19.9 Å².